The van der Waals surface area contributed by atoms with Gasteiger partial charge in [-0.2, -0.15) is 0 Å². The van der Waals surface area contributed by atoms with Gasteiger partial charge < -0.3 is 11.1 Å². The zero-order chi connectivity index (χ0) is 16.1. The second-order valence-corrected chi connectivity index (χ2v) is 6.68. The number of carbonyl (C=O) groups is 1. The molecule has 3 rings (SSSR count). The Balaban J connectivity index is 0.00000156. The first-order valence-corrected chi connectivity index (χ1v) is 8.86. The van der Waals surface area contributed by atoms with Crippen LogP contribution in [0.4, 0.5) is 0 Å². The summed E-state index contributed by atoms with van der Waals surface area (Å²) in [5, 5.41) is 5.49. The third-order valence-corrected chi connectivity index (χ3v) is 4.98. The number of carbonyl (C=O) groups excluding carboxylic acids is 1. The maximum absolute atomic E-state index is 12.0. The van der Waals surface area contributed by atoms with Gasteiger partial charge in [-0.1, -0.05) is 24.3 Å². The predicted octanol–water partition coefficient (Wildman–Crippen LogP) is 2.62. The van der Waals surface area contributed by atoms with Gasteiger partial charge in [0.05, 0.1) is 0 Å². The van der Waals surface area contributed by atoms with E-state index in [-0.39, 0.29) is 30.7 Å². The number of nitrogens with one attached hydrogen (secondary N) is 1. The molecule has 2 aromatic rings. The molecule has 1 aromatic carbocycles. The standard InChI is InChI=1S/C17H22N4OS.2ClH/c18-10-16-20-15(12-23-16)17(22)19-7-3-8-21-9-6-13-4-1-2-5-14(13)11-21;;/h1-2,4-5,12H,3,6-11,18H2,(H,19,22);2*1H. The molecule has 2 heterocycles. The van der Waals surface area contributed by atoms with Crippen LogP contribution in [0, 0.1) is 0 Å². The zero-order valence-electron chi connectivity index (χ0n) is 13.9. The topological polar surface area (TPSA) is 71.2 Å². The molecule has 138 valence electrons. The molecule has 0 fully saturated rings. The molecule has 25 heavy (non-hydrogen) atoms. The molecule has 0 saturated carbocycles. The molecule has 3 N–H and O–H groups in total. The van der Waals surface area contributed by atoms with Crippen LogP contribution >= 0.6 is 36.2 Å². The summed E-state index contributed by atoms with van der Waals surface area (Å²) in [6.45, 7) is 4.16. The van der Waals surface area contributed by atoms with Crippen LogP contribution in [0.25, 0.3) is 0 Å². The summed E-state index contributed by atoms with van der Waals surface area (Å²) < 4.78 is 0. The number of rotatable bonds is 6. The van der Waals surface area contributed by atoms with Crippen LogP contribution in [-0.4, -0.2) is 35.4 Å². The third kappa shape index (κ3) is 5.94. The van der Waals surface area contributed by atoms with Crippen molar-refractivity contribution in [1.29, 1.82) is 0 Å². The first-order valence-electron chi connectivity index (χ1n) is 7.98. The average molecular weight is 403 g/mol. The molecular formula is C17H24Cl2N4OS. The largest absolute Gasteiger partial charge is 0.351 e. The van der Waals surface area contributed by atoms with Gasteiger partial charge in [0.25, 0.3) is 5.91 Å². The fourth-order valence-corrected chi connectivity index (χ4v) is 3.50. The minimum atomic E-state index is -0.107. The van der Waals surface area contributed by atoms with Crippen molar-refractivity contribution in [1.82, 2.24) is 15.2 Å². The van der Waals surface area contributed by atoms with E-state index in [0.717, 1.165) is 37.5 Å². The lowest BCUT2D eigenvalue weighted by atomic mass is 10.00. The number of hydrogen-bond acceptors (Lipinski definition) is 5. The lowest BCUT2D eigenvalue weighted by Gasteiger charge is -2.28. The van der Waals surface area contributed by atoms with Gasteiger partial charge in [0.15, 0.2) is 0 Å². The smallest absolute Gasteiger partial charge is 0.270 e. The van der Waals surface area contributed by atoms with Gasteiger partial charge in [0.1, 0.15) is 10.7 Å². The van der Waals surface area contributed by atoms with Crippen molar-refractivity contribution in [2.75, 3.05) is 19.6 Å². The quantitative estimate of drug-likeness (QED) is 0.728. The summed E-state index contributed by atoms with van der Waals surface area (Å²) in [6.07, 6.45) is 2.06. The third-order valence-electron chi connectivity index (χ3n) is 4.11. The first kappa shape index (κ1) is 21.9. The fraction of sp³-hybridized carbons (Fsp3) is 0.412. The highest BCUT2D eigenvalue weighted by Crippen LogP contribution is 2.18. The van der Waals surface area contributed by atoms with Crippen LogP contribution in [0.5, 0.6) is 0 Å². The molecule has 8 heteroatoms. The minimum Gasteiger partial charge on any atom is -0.351 e. The van der Waals surface area contributed by atoms with E-state index >= 15 is 0 Å². The predicted molar refractivity (Wildman–Crippen MR) is 107 cm³/mol. The molecule has 1 aliphatic rings. The zero-order valence-corrected chi connectivity index (χ0v) is 16.4. The van der Waals surface area contributed by atoms with Gasteiger partial charge >= 0.3 is 0 Å². The Morgan fingerprint density at radius 2 is 2.04 bits per heavy atom. The van der Waals surface area contributed by atoms with Crippen LogP contribution in [-0.2, 0) is 19.5 Å². The molecule has 1 aromatic heterocycles. The summed E-state index contributed by atoms with van der Waals surface area (Å²) in [6, 6.07) is 8.64. The summed E-state index contributed by atoms with van der Waals surface area (Å²) in [4.78, 5) is 18.6. The number of aromatic nitrogens is 1. The summed E-state index contributed by atoms with van der Waals surface area (Å²) in [7, 11) is 0. The maximum atomic E-state index is 12.0. The molecule has 1 aliphatic heterocycles. The van der Waals surface area contributed by atoms with Gasteiger partial charge in [-0.3, -0.25) is 9.69 Å². The van der Waals surface area contributed by atoms with Crippen molar-refractivity contribution in [3.8, 4) is 0 Å². The minimum absolute atomic E-state index is 0. The van der Waals surface area contributed by atoms with E-state index < -0.39 is 0 Å². The van der Waals surface area contributed by atoms with Crippen molar-refractivity contribution in [3.63, 3.8) is 0 Å². The van der Waals surface area contributed by atoms with E-state index in [1.165, 1.54) is 22.5 Å². The van der Waals surface area contributed by atoms with Crippen LogP contribution in [0.1, 0.15) is 33.0 Å². The normalized spacial score (nSPS) is 13.3. The highest BCUT2D eigenvalue weighted by atomic mass is 35.5. The van der Waals surface area contributed by atoms with E-state index in [1.807, 2.05) is 0 Å². The van der Waals surface area contributed by atoms with Gasteiger partial charge in [-0.05, 0) is 24.0 Å². The number of fused-ring (bicyclic) bond motifs is 1. The van der Waals surface area contributed by atoms with Gasteiger partial charge in [0.2, 0.25) is 0 Å². The number of nitrogens with two attached hydrogens (primary N) is 1. The first-order chi connectivity index (χ1) is 11.3. The van der Waals surface area contributed by atoms with Gasteiger partial charge in [-0.25, -0.2) is 4.98 Å². The Bertz CT molecular complexity index is 680. The summed E-state index contributed by atoms with van der Waals surface area (Å²) in [5.41, 5.74) is 8.89. The summed E-state index contributed by atoms with van der Waals surface area (Å²) >= 11 is 1.43. The molecule has 0 bridgehead atoms. The molecule has 0 saturated heterocycles. The van der Waals surface area contributed by atoms with Gasteiger partial charge in [0, 0.05) is 38.1 Å². The van der Waals surface area contributed by atoms with E-state index in [2.05, 4.69) is 39.5 Å². The lowest BCUT2D eigenvalue weighted by molar-refractivity contribution is 0.0947. The van der Waals surface area contributed by atoms with E-state index in [1.54, 1.807) is 5.38 Å². The number of hydrogen-bond donors (Lipinski definition) is 2. The van der Waals surface area contributed by atoms with Crippen LogP contribution < -0.4 is 11.1 Å². The van der Waals surface area contributed by atoms with Crippen LogP contribution in [0.15, 0.2) is 29.6 Å². The van der Waals surface area contributed by atoms with Crippen molar-refractivity contribution < 1.29 is 4.79 Å². The van der Waals surface area contributed by atoms with E-state index in [4.69, 9.17) is 5.73 Å². The highest BCUT2D eigenvalue weighted by Gasteiger charge is 2.15. The average Bonchev–Trinajstić information content (AvgIpc) is 3.07. The second kappa shape index (κ2) is 10.7. The Morgan fingerprint density at radius 1 is 1.28 bits per heavy atom. The summed E-state index contributed by atoms with van der Waals surface area (Å²) in [5.74, 6) is -0.107. The Kier molecular flexibility index (Phi) is 9.38. The van der Waals surface area contributed by atoms with E-state index in [0.29, 0.717) is 18.8 Å². The number of nitrogens with zero attached hydrogens (tertiary/aromatic N) is 2. The van der Waals surface area contributed by atoms with Crippen molar-refractivity contribution >= 4 is 42.1 Å². The van der Waals surface area contributed by atoms with Crippen molar-refractivity contribution in [3.05, 3.63) is 51.5 Å². The van der Waals surface area contributed by atoms with E-state index in [9.17, 15) is 4.79 Å². The molecule has 0 aliphatic carbocycles. The monoisotopic (exact) mass is 402 g/mol. The number of thiazole rings is 1. The molecule has 0 unspecified atom stereocenters. The van der Waals surface area contributed by atoms with Crippen molar-refractivity contribution in [2.24, 2.45) is 5.73 Å². The fourth-order valence-electron chi connectivity index (χ4n) is 2.85. The number of amides is 1. The lowest BCUT2D eigenvalue weighted by Crippen LogP contribution is -2.33. The van der Waals surface area contributed by atoms with Crippen LogP contribution in [0.2, 0.25) is 0 Å². The maximum Gasteiger partial charge on any atom is 0.270 e. The molecule has 1 amide bonds. The molecule has 0 spiro atoms. The Labute approximate surface area is 164 Å². The Hall–Kier alpha value is -1.18. The molecule has 5 nitrogen and oxygen atoms in total. The molecular weight excluding hydrogens is 379 g/mol. The second-order valence-electron chi connectivity index (χ2n) is 5.73. The number of halogens is 2. The van der Waals surface area contributed by atoms with Crippen molar-refractivity contribution in [2.45, 2.75) is 25.9 Å². The molecule has 0 atom stereocenters. The molecule has 0 radical (unpaired) electrons. The van der Waals surface area contributed by atoms with Crippen LogP contribution in [0.3, 0.4) is 0 Å². The Morgan fingerprint density at radius 3 is 2.76 bits per heavy atom. The highest BCUT2D eigenvalue weighted by molar-refractivity contribution is 7.09. The van der Waals surface area contributed by atoms with Gasteiger partial charge in [-0.15, -0.1) is 36.2 Å². The number of benzene rings is 1. The SMILES string of the molecule is Cl.Cl.NCc1nc(C(=O)NCCCN2CCc3ccccc3C2)cs1.